The van der Waals surface area contributed by atoms with E-state index in [2.05, 4.69) is 4.74 Å². The second-order valence-electron chi connectivity index (χ2n) is 6.76. The highest BCUT2D eigenvalue weighted by Gasteiger charge is 2.28. The number of halogens is 2. The normalized spacial score (nSPS) is 14.7. The number of hydrogen-bond donors (Lipinski definition) is 0. The summed E-state index contributed by atoms with van der Waals surface area (Å²) in [7, 11) is -3.57. The summed E-state index contributed by atoms with van der Waals surface area (Å²) in [6.45, 7) is -2.09. The first-order valence-corrected chi connectivity index (χ1v) is 11.0. The van der Waals surface area contributed by atoms with E-state index < -0.39 is 22.4 Å². The summed E-state index contributed by atoms with van der Waals surface area (Å²) in [6.07, 6.45) is 1.04. The molecule has 2 aromatic carbocycles. The molecule has 2 amide bonds. The van der Waals surface area contributed by atoms with Gasteiger partial charge in [-0.25, -0.2) is 8.42 Å². The van der Waals surface area contributed by atoms with E-state index in [1.807, 2.05) is 0 Å². The highest BCUT2D eigenvalue weighted by molar-refractivity contribution is 7.90. The zero-order valence-electron chi connectivity index (χ0n) is 16.1. The molecule has 0 spiro atoms. The van der Waals surface area contributed by atoms with Crippen LogP contribution in [0.2, 0.25) is 0 Å². The van der Waals surface area contributed by atoms with Gasteiger partial charge in [0.15, 0.2) is 9.84 Å². The largest absolute Gasteiger partial charge is 0.435 e. The number of amides is 2. The lowest BCUT2D eigenvalue weighted by molar-refractivity contribution is -0.0499. The van der Waals surface area contributed by atoms with Gasteiger partial charge in [-0.15, -0.1) is 0 Å². The maximum Gasteiger partial charge on any atom is 0.387 e. The minimum atomic E-state index is -3.57. The number of rotatable bonds is 5. The molecule has 0 radical (unpaired) electrons. The molecule has 0 N–H and O–H groups in total. The topological polar surface area (TPSA) is 84.0 Å². The zero-order chi connectivity index (χ0) is 21.9. The van der Waals surface area contributed by atoms with Gasteiger partial charge in [-0.05, 0) is 30.3 Å². The van der Waals surface area contributed by atoms with Crippen LogP contribution >= 0.6 is 0 Å². The number of ether oxygens (including phenoxy) is 1. The van der Waals surface area contributed by atoms with Crippen LogP contribution in [0.15, 0.2) is 53.4 Å². The summed E-state index contributed by atoms with van der Waals surface area (Å²) < 4.78 is 53.0. The molecular formula is C20H20F2N2O5S. The second-order valence-corrected chi connectivity index (χ2v) is 8.74. The maximum absolute atomic E-state index is 12.8. The molecular weight excluding hydrogens is 418 g/mol. The van der Waals surface area contributed by atoms with Crippen LogP contribution in [0, 0.1) is 0 Å². The van der Waals surface area contributed by atoms with Crippen LogP contribution in [0.1, 0.15) is 20.7 Å². The third-order valence-corrected chi connectivity index (χ3v) is 5.83. The quantitative estimate of drug-likeness (QED) is 0.715. The van der Waals surface area contributed by atoms with Crippen LogP contribution in [-0.4, -0.2) is 69.1 Å². The molecule has 0 aliphatic carbocycles. The number of hydrogen-bond acceptors (Lipinski definition) is 5. The van der Waals surface area contributed by atoms with E-state index >= 15 is 0 Å². The number of alkyl halides is 2. The first-order valence-electron chi connectivity index (χ1n) is 9.09. The molecule has 1 fully saturated rings. The molecule has 3 rings (SSSR count). The van der Waals surface area contributed by atoms with Crippen molar-refractivity contribution in [3.8, 4) is 5.75 Å². The van der Waals surface area contributed by atoms with Gasteiger partial charge < -0.3 is 14.5 Å². The lowest BCUT2D eigenvalue weighted by Gasteiger charge is -2.35. The Morgan fingerprint density at radius 3 is 2.13 bits per heavy atom. The Balaban J connectivity index is 1.68. The van der Waals surface area contributed by atoms with Gasteiger partial charge in [-0.2, -0.15) is 8.78 Å². The molecule has 1 aliphatic rings. The standard InChI is InChI=1S/C20H20F2N2O5S/c1-30(27,28)17-8-3-2-7-16(17)19(26)24-11-9-23(10-12-24)18(25)14-5-4-6-15(13-14)29-20(21)22/h2-8,13,20H,9-12H2,1H3. The third kappa shape index (κ3) is 4.93. The number of nitrogens with zero attached hydrogens (tertiary/aromatic N) is 2. The van der Waals surface area contributed by atoms with Gasteiger partial charge in [0.25, 0.3) is 11.8 Å². The summed E-state index contributed by atoms with van der Waals surface area (Å²) in [5, 5.41) is 0. The minimum Gasteiger partial charge on any atom is -0.435 e. The van der Waals surface area contributed by atoms with Crippen LogP contribution < -0.4 is 4.74 Å². The SMILES string of the molecule is CS(=O)(=O)c1ccccc1C(=O)N1CCN(C(=O)c2cccc(OC(F)F)c2)CC1. The molecule has 0 saturated carbocycles. The van der Waals surface area contributed by atoms with Gasteiger partial charge >= 0.3 is 6.61 Å². The van der Waals surface area contributed by atoms with Crippen molar-refractivity contribution < 1.29 is 31.5 Å². The second kappa shape index (κ2) is 8.78. The Morgan fingerprint density at radius 2 is 1.53 bits per heavy atom. The van der Waals surface area contributed by atoms with Gasteiger partial charge in [0.05, 0.1) is 10.5 Å². The third-order valence-electron chi connectivity index (χ3n) is 4.68. The van der Waals surface area contributed by atoms with Crippen molar-refractivity contribution >= 4 is 21.7 Å². The fourth-order valence-corrected chi connectivity index (χ4v) is 4.12. The first kappa shape index (κ1) is 21.7. The fourth-order valence-electron chi connectivity index (χ4n) is 3.24. The Hall–Kier alpha value is -3.01. The van der Waals surface area contributed by atoms with E-state index in [4.69, 9.17) is 0 Å². The molecule has 1 saturated heterocycles. The van der Waals surface area contributed by atoms with Crippen LogP contribution in [0.3, 0.4) is 0 Å². The molecule has 1 heterocycles. The lowest BCUT2D eigenvalue weighted by atomic mass is 10.1. The number of carbonyl (C=O) groups is 2. The van der Waals surface area contributed by atoms with Crippen LogP contribution in [0.25, 0.3) is 0 Å². The van der Waals surface area contributed by atoms with Crippen molar-refractivity contribution in [3.05, 3.63) is 59.7 Å². The van der Waals surface area contributed by atoms with E-state index in [-0.39, 0.29) is 53.9 Å². The van der Waals surface area contributed by atoms with Gasteiger partial charge in [0.1, 0.15) is 5.75 Å². The Morgan fingerprint density at radius 1 is 0.933 bits per heavy atom. The molecule has 1 aliphatic heterocycles. The van der Waals surface area contributed by atoms with E-state index in [1.165, 1.54) is 46.2 Å². The minimum absolute atomic E-state index is 0.0376. The molecule has 0 atom stereocenters. The average molecular weight is 438 g/mol. The smallest absolute Gasteiger partial charge is 0.387 e. The number of benzene rings is 2. The summed E-state index contributed by atoms with van der Waals surface area (Å²) in [6, 6.07) is 11.5. The van der Waals surface area contributed by atoms with Crippen molar-refractivity contribution in [2.75, 3.05) is 32.4 Å². The number of carbonyl (C=O) groups excluding carboxylic acids is 2. The summed E-state index contributed by atoms with van der Waals surface area (Å²) in [5.41, 5.74) is 0.298. The lowest BCUT2D eigenvalue weighted by Crippen LogP contribution is -2.50. The molecule has 0 bridgehead atoms. The summed E-state index contributed by atoms with van der Waals surface area (Å²) >= 11 is 0. The monoisotopic (exact) mass is 438 g/mol. The van der Waals surface area contributed by atoms with E-state index in [0.717, 1.165) is 6.26 Å². The van der Waals surface area contributed by atoms with E-state index in [1.54, 1.807) is 12.1 Å². The summed E-state index contributed by atoms with van der Waals surface area (Å²) in [5.74, 6) is -0.893. The van der Waals surface area contributed by atoms with Crippen molar-refractivity contribution in [2.45, 2.75) is 11.5 Å². The number of sulfone groups is 1. The van der Waals surface area contributed by atoms with E-state index in [9.17, 15) is 26.8 Å². The molecule has 0 aromatic heterocycles. The first-order chi connectivity index (χ1) is 14.2. The Labute approximate surface area is 172 Å². The van der Waals surface area contributed by atoms with Gasteiger partial charge in [0.2, 0.25) is 0 Å². The number of piperazine rings is 1. The molecule has 2 aromatic rings. The van der Waals surface area contributed by atoms with Crippen molar-refractivity contribution in [2.24, 2.45) is 0 Å². The van der Waals surface area contributed by atoms with Crippen LogP contribution in [0.5, 0.6) is 5.75 Å². The Bertz CT molecular complexity index is 1050. The van der Waals surface area contributed by atoms with Crippen LogP contribution in [-0.2, 0) is 9.84 Å². The van der Waals surface area contributed by atoms with Crippen LogP contribution in [0.4, 0.5) is 8.78 Å². The van der Waals surface area contributed by atoms with Crippen molar-refractivity contribution in [3.63, 3.8) is 0 Å². The highest BCUT2D eigenvalue weighted by Crippen LogP contribution is 2.20. The molecule has 7 nitrogen and oxygen atoms in total. The highest BCUT2D eigenvalue weighted by atomic mass is 32.2. The predicted octanol–water partition coefficient (Wildman–Crippen LogP) is 2.29. The van der Waals surface area contributed by atoms with Gasteiger partial charge in [-0.3, -0.25) is 9.59 Å². The predicted molar refractivity (Wildman–Crippen MR) is 104 cm³/mol. The molecule has 10 heteroatoms. The zero-order valence-corrected chi connectivity index (χ0v) is 16.9. The molecule has 30 heavy (non-hydrogen) atoms. The molecule has 0 unspecified atom stereocenters. The van der Waals surface area contributed by atoms with E-state index in [0.29, 0.717) is 0 Å². The summed E-state index contributed by atoms with van der Waals surface area (Å²) in [4.78, 5) is 28.5. The van der Waals surface area contributed by atoms with Gasteiger partial charge in [0, 0.05) is 38.0 Å². The Kier molecular flexibility index (Phi) is 6.35. The van der Waals surface area contributed by atoms with Gasteiger partial charge in [-0.1, -0.05) is 18.2 Å². The average Bonchev–Trinajstić information content (AvgIpc) is 2.72. The molecule has 160 valence electrons. The maximum atomic E-state index is 12.8. The van der Waals surface area contributed by atoms with Crippen molar-refractivity contribution in [1.29, 1.82) is 0 Å². The fraction of sp³-hybridized carbons (Fsp3) is 0.300. The van der Waals surface area contributed by atoms with Crippen molar-refractivity contribution in [1.82, 2.24) is 9.80 Å².